The van der Waals surface area contributed by atoms with E-state index in [4.69, 9.17) is 0 Å². The van der Waals surface area contributed by atoms with E-state index in [9.17, 15) is 8.78 Å². The number of hydrogen-bond donors (Lipinski definition) is 0. The molecule has 0 aliphatic rings. The van der Waals surface area contributed by atoms with Crippen LogP contribution in [0.1, 0.15) is 11.3 Å². The Kier molecular flexibility index (Phi) is 2.41. The summed E-state index contributed by atoms with van der Waals surface area (Å²) >= 11 is 1.08. The Labute approximate surface area is 77.0 Å². The van der Waals surface area contributed by atoms with E-state index in [0.717, 1.165) is 28.3 Å². The first-order chi connectivity index (χ1) is 5.00. The zero-order chi connectivity index (χ0) is 8.48. The Balaban J connectivity index is 2.99. The molecular formula is C7H6F2IN. The summed E-state index contributed by atoms with van der Waals surface area (Å²) in [6.45, 7) is 1.76. The molecule has 0 N–H and O–H groups in total. The van der Waals surface area contributed by atoms with Crippen LogP contribution < -0.4 is 0 Å². The Morgan fingerprint density at radius 1 is 1.45 bits per heavy atom. The number of aryl methyl sites for hydroxylation is 1. The van der Waals surface area contributed by atoms with Crippen molar-refractivity contribution in [2.75, 3.05) is 0 Å². The van der Waals surface area contributed by atoms with Crippen LogP contribution in [-0.2, 0) is 3.93 Å². The number of pyridine rings is 1. The van der Waals surface area contributed by atoms with Gasteiger partial charge in [0, 0.05) is 40.0 Å². The second-order valence-electron chi connectivity index (χ2n) is 2.19. The minimum absolute atomic E-state index is 0.0521. The van der Waals surface area contributed by atoms with E-state index in [1.807, 2.05) is 0 Å². The Morgan fingerprint density at radius 2 is 2.09 bits per heavy atom. The van der Waals surface area contributed by atoms with Crippen LogP contribution in [0.2, 0.25) is 0 Å². The van der Waals surface area contributed by atoms with Crippen molar-refractivity contribution in [2.45, 2.75) is 10.9 Å². The molecule has 0 spiro atoms. The van der Waals surface area contributed by atoms with E-state index in [1.165, 1.54) is 12.3 Å². The molecule has 4 heteroatoms. The van der Waals surface area contributed by atoms with Gasteiger partial charge in [-0.15, -0.1) is 0 Å². The van der Waals surface area contributed by atoms with Crippen LogP contribution in [0.4, 0.5) is 8.78 Å². The zero-order valence-electron chi connectivity index (χ0n) is 5.81. The molecule has 0 amide bonds. The van der Waals surface area contributed by atoms with E-state index in [2.05, 4.69) is 4.98 Å². The highest BCUT2D eigenvalue weighted by Crippen LogP contribution is 2.34. The molecule has 0 bridgehead atoms. The summed E-state index contributed by atoms with van der Waals surface area (Å²) in [7, 11) is 0. The molecule has 1 heterocycles. The first-order valence-corrected chi connectivity index (χ1v) is 4.08. The van der Waals surface area contributed by atoms with Crippen LogP contribution in [-0.4, -0.2) is 4.98 Å². The maximum absolute atomic E-state index is 12.5. The Bertz CT molecular complexity index is 240. The summed E-state index contributed by atoms with van der Waals surface area (Å²) in [5, 5.41) is 0. The van der Waals surface area contributed by atoms with E-state index in [1.54, 1.807) is 13.0 Å². The first kappa shape index (κ1) is 8.83. The number of halogens is 3. The van der Waals surface area contributed by atoms with E-state index in [0.29, 0.717) is 0 Å². The maximum atomic E-state index is 12.5. The van der Waals surface area contributed by atoms with Crippen molar-refractivity contribution in [1.29, 1.82) is 0 Å². The second-order valence-corrected chi connectivity index (χ2v) is 3.54. The van der Waals surface area contributed by atoms with Crippen molar-refractivity contribution in [3.05, 3.63) is 29.6 Å². The van der Waals surface area contributed by atoms with Gasteiger partial charge in [-0.2, -0.15) is 8.78 Å². The highest BCUT2D eigenvalue weighted by Gasteiger charge is 2.26. The minimum atomic E-state index is -2.81. The van der Waals surface area contributed by atoms with Gasteiger partial charge in [-0.05, 0) is 19.1 Å². The predicted octanol–water partition coefficient (Wildman–Crippen LogP) is 2.87. The van der Waals surface area contributed by atoms with Crippen LogP contribution in [0.15, 0.2) is 18.3 Å². The lowest BCUT2D eigenvalue weighted by atomic mass is 10.3. The molecule has 0 atom stereocenters. The third-order valence-corrected chi connectivity index (χ3v) is 1.86. The van der Waals surface area contributed by atoms with Gasteiger partial charge in [0.1, 0.15) is 0 Å². The minimum Gasteiger partial charge on any atom is -0.261 e. The smallest absolute Gasteiger partial charge is 0.261 e. The normalized spacial score (nSPS) is 11.6. The van der Waals surface area contributed by atoms with Crippen molar-refractivity contribution in [2.24, 2.45) is 0 Å². The number of aromatic nitrogens is 1. The van der Waals surface area contributed by atoms with Gasteiger partial charge in [0.2, 0.25) is 0 Å². The molecular weight excluding hydrogens is 263 g/mol. The number of rotatable bonds is 1. The fourth-order valence-electron chi connectivity index (χ4n) is 0.635. The summed E-state index contributed by atoms with van der Waals surface area (Å²) in [6, 6.07) is 2.96. The van der Waals surface area contributed by atoms with Gasteiger partial charge in [0.15, 0.2) is 0 Å². The van der Waals surface area contributed by atoms with E-state index in [-0.39, 0.29) is 5.56 Å². The lowest BCUT2D eigenvalue weighted by Gasteiger charge is -2.06. The van der Waals surface area contributed by atoms with Crippen LogP contribution >= 0.6 is 22.6 Å². The Morgan fingerprint density at radius 3 is 2.45 bits per heavy atom. The summed E-state index contributed by atoms with van der Waals surface area (Å²) in [5.41, 5.74) is 0.693. The second kappa shape index (κ2) is 3.00. The lowest BCUT2D eigenvalue weighted by molar-refractivity contribution is 0.127. The standard InChI is InChI=1S/C7H6F2IN/c1-5-2-3-6(4-11-5)7(8,9)10/h2-4H,1H3. The van der Waals surface area contributed by atoms with Crippen molar-refractivity contribution in [3.63, 3.8) is 0 Å². The molecule has 0 aromatic carbocycles. The third kappa shape index (κ3) is 2.36. The summed E-state index contributed by atoms with van der Waals surface area (Å²) in [4.78, 5) is 3.76. The topological polar surface area (TPSA) is 12.9 Å². The average molecular weight is 269 g/mol. The largest absolute Gasteiger partial charge is 0.323 e. The highest BCUT2D eigenvalue weighted by atomic mass is 127. The van der Waals surface area contributed by atoms with Crippen molar-refractivity contribution in [3.8, 4) is 0 Å². The predicted molar refractivity (Wildman–Crippen MR) is 46.9 cm³/mol. The van der Waals surface area contributed by atoms with Crippen molar-refractivity contribution < 1.29 is 8.78 Å². The number of hydrogen-bond acceptors (Lipinski definition) is 1. The van der Waals surface area contributed by atoms with E-state index < -0.39 is 3.93 Å². The van der Waals surface area contributed by atoms with Crippen LogP contribution in [0.25, 0.3) is 0 Å². The molecule has 0 saturated heterocycles. The quantitative estimate of drug-likeness (QED) is 0.564. The molecule has 11 heavy (non-hydrogen) atoms. The fraction of sp³-hybridized carbons (Fsp3) is 0.286. The molecule has 60 valence electrons. The van der Waals surface area contributed by atoms with Crippen molar-refractivity contribution in [1.82, 2.24) is 4.98 Å². The molecule has 1 nitrogen and oxygen atoms in total. The molecule has 0 unspecified atom stereocenters. The molecule has 0 aliphatic heterocycles. The molecule has 1 rings (SSSR count). The lowest BCUT2D eigenvalue weighted by Crippen LogP contribution is -2.02. The number of alkyl halides is 3. The SMILES string of the molecule is Cc1ccc(C(F)(F)I)cn1. The zero-order valence-corrected chi connectivity index (χ0v) is 7.97. The molecule has 1 aromatic heterocycles. The highest BCUT2D eigenvalue weighted by molar-refractivity contribution is 14.1. The first-order valence-electron chi connectivity index (χ1n) is 3.00. The molecule has 0 aliphatic carbocycles. The summed E-state index contributed by atoms with van der Waals surface area (Å²) in [5.74, 6) is 0. The van der Waals surface area contributed by atoms with Gasteiger partial charge in [0.25, 0.3) is 0 Å². The molecule has 1 aromatic rings. The summed E-state index contributed by atoms with van der Waals surface area (Å²) in [6.07, 6.45) is 1.20. The Hall–Kier alpha value is -0.260. The average Bonchev–Trinajstić information content (AvgIpc) is 1.86. The third-order valence-electron chi connectivity index (χ3n) is 1.24. The monoisotopic (exact) mass is 269 g/mol. The molecule has 0 saturated carbocycles. The van der Waals surface area contributed by atoms with Crippen molar-refractivity contribution >= 4 is 22.6 Å². The fourth-order valence-corrected chi connectivity index (χ4v) is 0.955. The van der Waals surface area contributed by atoms with Crippen LogP contribution in [0.3, 0.4) is 0 Å². The molecule has 0 radical (unpaired) electrons. The summed E-state index contributed by atoms with van der Waals surface area (Å²) < 4.78 is 22.3. The van der Waals surface area contributed by atoms with Gasteiger partial charge in [-0.3, -0.25) is 4.98 Å². The van der Waals surface area contributed by atoms with Gasteiger partial charge in [-0.1, -0.05) is 0 Å². The van der Waals surface area contributed by atoms with Gasteiger partial charge in [-0.25, -0.2) is 0 Å². The van der Waals surface area contributed by atoms with E-state index >= 15 is 0 Å². The van der Waals surface area contributed by atoms with Gasteiger partial charge < -0.3 is 0 Å². The van der Waals surface area contributed by atoms with Crippen LogP contribution in [0.5, 0.6) is 0 Å². The molecule has 0 fully saturated rings. The number of nitrogens with zero attached hydrogens (tertiary/aromatic N) is 1. The maximum Gasteiger partial charge on any atom is 0.323 e. The van der Waals surface area contributed by atoms with Gasteiger partial charge in [0.05, 0.1) is 0 Å². The van der Waals surface area contributed by atoms with Crippen LogP contribution in [0, 0.1) is 6.92 Å². The van der Waals surface area contributed by atoms with Gasteiger partial charge >= 0.3 is 3.93 Å².